The predicted molar refractivity (Wildman–Crippen MR) is 100 cm³/mol. The monoisotopic (exact) mass is 370 g/mol. The van der Waals surface area contributed by atoms with Crippen molar-refractivity contribution < 1.29 is 16.9 Å². The molecule has 0 saturated carbocycles. The molecule has 5 heteroatoms. The summed E-state index contributed by atoms with van der Waals surface area (Å²) in [7, 11) is -5.42. The average molecular weight is 370 g/mol. The van der Waals surface area contributed by atoms with Gasteiger partial charge in [-0.3, -0.25) is 0 Å². The highest BCUT2D eigenvalue weighted by Crippen LogP contribution is 2.46. The fraction of sp³-hybridized carbons (Fsp3) is 0.190. The Labute approximate surface area is 153 Å². The van der Waals surface area contributed by atoms with E-state index in [4.69, 9.17) is 13.0 Å². The molecule has 0 radical (unpaired) electrons. The molecule has 0 heterocycles. The van der Waals surface area contributed by atoms with Crippen LogP contribution in [0.25, 0.3) is 10.8 Å². The zero-order chi connectivity index (χ0) is 18.9. The second-order valence-electron chi connectivity index (χ2n) is 6.29. The minimum Gasteiger partial charge on any atom is -0.722 e. The first kappa shape index (κ1) is 18.4. The largest absolute Gasteiger partial charge is 0.722 e. The standard InChI is InChI=1S/C21H19.FHO3S/c1-3-16-20-11-7-6-9-17(20)14(2)18-13-12-15-8-4-5-10-19(15)21(16)18;1-5(2,3)4/h4-14H,3H2,1-2H3;(H,2,3,4)/q+1;/p-1. The van der Waals surface area contributed by atoms with Gasteiger partial charge >= 0.3 is 0 Å². The summed E-state index contributed by atoms with van der Waals surface area (Å²) < 4.78 is 35.3. The highest BCUT2D eigenvalue weighted by molar-refractivity contribution is 7.80. The second-order valence-corrected chi connectivity index (χ2v) is 7.07. The van der Waals surface area contributed by atoms with E-state index in [1.165, 1.54) is 38.9 Å². The van der Waals surface area contributed by atoms with Crippen molar-refractivity contribution in [2.45, 2.75) is 26.2 Å². The number of fused-ring (bicyclic) bond motifs is 4. The summed E-state index contributed by atoms with van der Waals surface area (Å²) >= 11 is 0. The van der Waals surface area contributed by atoms with Crippen LogP contribution in [-0.2, 0) is 10.5 Å². The van der Waals surface area contributed by atoms with E-state index in [1.54, 1.807) is 0 Å². The van der Waals surface area contributed by atoms with E-state index in [-0.39, 0.29) is 0 Å². The molecule has 0 aliphatic heterocycles. The molecule has 0 aromatic heterocycles. The molecule has 4 rings (SSSR count). The quantitative estimate of drug-likeness (QED) is 0.340. The second kappa shape index (κ2) is 7.09. The maximum Gasteiger partial charge on any atom is 0.255 e. The first-order chi connectivity index (χ1) is 12.3. The Morgan fingerprint density at radius 1 is 1.00 bits per heavy atom. The third-order valence-corrected chi connectivity index (χ3v) is 4.84. The highest BCUT2D eigenvalue weighted by Gasteiger charge is 2.36. The molecule has 0 bridgehead atoms. The van der Waals surface area contributed by atoms with Crippen LogP contribution < -0.4 is 0 Å². The van der Waals surface area contributed by atoms with Crippen LogP contribution in [0.1, 0.15) is 48.4 Å². The van der Waals surface area contributed by atoms with Crippen LogP contribution in [0.2, 0.25) is 0 Å². The lowest BCUT2D eigenvalue weighted by Crippen LogP contribution is -2.17. The minimum absolute atomic E-state index is 0.469. The van der Waals surface area contributed by atoms with Crippen LogP contribution in [0.15, 0.2) is 60.7 Å². The summed E-state index contributed by atoms with van der Waals surface area (Å²) in [6, 6.07) is 22.3. The summed E-state index contributed by atoms with van der Waals surface area (Å²) in [5, 5.41) is 2.74. The lowest BCUT2D eigenvalue weighted by Gasteiger charge is -2.26. The van der Waals surface area contributed by atoms with Crippen LogP contribution in [0, 0.1) is 5.92 Å². The first-order valence-corrected chi connectivity index (χ1v) is 9.74. The molecule has 3 nitrogen and oxygen atoms in total. The average Bonchev–Trinajstić information content (AvgIpc) is 2.61. The van der Waals surface area contributed by atoms with Gasteiger partial charge in [0.15, 0.2) is 0 Å². The van der Waals surface area contributed by atoms with Crippen LogP contribution in [-0.4, -0.2) is 13.0 Å². The molecule has 1 aliphatic rings. The predicted octanol–water partition coefficient (Wildman–Crippen LogP) is 5.10. The molecule has 1 atom stereocenters. The molecule has 0 N–H and O–H groups in total. The van der Waals surface area contributed by atoms with Gasteiger partial charge in [0.05, 0.1) is 22.4 Å². The topological polar surface area (TPSA) is 57.2 Å². The highest BCUT2D eigenvalue weighted by atomic mass is 32.3. The fourth-order valence-corrected chi connectivity index (χ4v) is 3.80. The number of rotatable bonds is 1. The lowest BCUT2D eigenvalue weighted by atomic mass is 9.71. The minimum atomic E-state index is -5.42. The van der Waals surface area contributed by atoms with Crippen molar-refractivity contribution in [3.05, 3.63) is 88.8 Å². The number of hydrogen-bond acceptors (Lipinski definition) is 3. The molecule has 0 amide bonds. The summed E-state index contributed by atoms with van der Waals surface area (Å²) in [6.07, 6.45) is 1.07. The molecule has 0 fully saturated rings. The fourth-order valence-electron chi connectivity index (χ4n) is 3.80. The Balaban J connectivity index is 0.000000349. The van der Waals surface area contributed by atoms with Crippen LogP contribution >= 0.6 is 0 Å². The number of benzene rings is 3. The van der Waals surface area contributed by atoms with Gasteiger partial charge in [0.25, 0.3) is 10.5 Å². The van der Waals surface area contributed by atoms with E-state index in [0.717, 1.165) is 6.42 Å². The zero-order valence-electron chi connectivity index (χ0n) is 14.6. The maximum absolute atomic E-state index is 10.1. The maximum atomic E-state index is 10.1. The third kappa shape index (κ3) is 3.59. The van der Waals surface area contributed by atoms with Crippen molar-refractivity contribution in [2.24, 2.45) is 0 Å². The Morgan fingerprint density at radius 2 is 1.62 bits per heavy atom. The number of halogens is 1. The van der Waals surface area contributed by atoms with E-state index < -0.39 is 10.5 Å². The van der Waals surface area contributed by atoms with Gasteiger partial charge in [-0.2, -0.15) is 0 Å². The van der Waals surface area contributed by atoms with Gasteiger partial charge in [-0.05, 0) is 55.8 Å². The Hall–Kier alpha value is -2.37. The van der Waals surface area contributed by atoms with Gasteiger partial charge in [0.2, 0.25) is 0 Å². The van der Waals surface area contributed by atoms with Gasteiger partial charge in [-0.25, -0.2) is 8.42 Å². The van der Waals surface area contributed by atoms with Gasteiger partial charge in [0.1, 0.15) is 0 Å². The van der Waals surface area contributed by atoms with Gasteiger partial charge in [0, 0.05) is 28.5 Å². The first-order valence-electron chi connectivity index (χ1n) is 8.44. The van der Waals surface area contributed by atoms with Crippen molar-refractivity contribution in [1.82, 2.24) is 0 Å². The van der Waals surface area contributed by atoms with E-state index in [9.17, 15) is 3.89 Å². The van der Waals surface area contributed by atoms with Gasteiger partial charge in [-0.1, -0.05) is 19.1 Å². The molecule has 3 aromatic carbocycles. The van der Waals surface area contributed by atoms with Crippen molar-refractivity contribution in [2.75, 3.05) is 0 Å². The van der Waals surface area contributed by atoms with Gasteiger partial charge < -0.3 is 4.55 Å². The SMILES string of the molecule is CC[C+]1c2ccccc2C(C)c2ccc3ccccc3c21.O=S(=O)([O-])F. The molecule has 0 saturated heterocycles. The van der Waals surface area contributed by atoms with E-state index in [1.807, 2.05) is 0 Å². The Morgan fingerprint density at radius 3 is 2.31 bits per heavy atom. The van der Waals surface area contributed by atoms with E-state index >= 15 is 0 Å². The van der Waals surface area contributed by atoms with Crippen molar-refractivity contribution in [1.29, 1.82) is 0 Å². The molecular formula is C21H19FO3S. The number of hydrogen-bond donors (Lipinski definition) is 0. The molecular weight excluding hydrogens is 351 g/mol. The normalized spacial score (nSPS) is 15.7. The molecule has 1 aliphatic carbocycles. The summed E-state index contributed by atoms with van der Waals surface area (Å²) in [5.41, 5.74) is 5.86. The molecule has 0 spiro atoms. The molecule has 26 heavy (non-hydrogen) atoms. The summed E-state index contributed by atoms with van der Waals surface area (Å²) in [6.45, 7) is 4.60. The van der Waals surface area contributed by atoms with Crippen molar-refractivity contribution >= 4 is 21.3 Å². The van der Waals surface area contributed by atoms with Crippen LogP contribution in [0.5, 0.6) is 0 Å². The molecule has 1 unspecified atom stereocenters. The Kier molecular flexibility index (Phi) is 5.03. The smallest absolute Gasteiger partial charge is 0.255 e. The van der Waals surface area contributed by atoms with E-state index in [0.29, 0.717) is 5.92 Å². The third-order valence-electron chi connectivity index (χ3n) is 4.84. The van der Waals surface area contributed by atoms with Crippen LogP contribution in [0.4, 0.5) is 3.89 Å². The van der Waals surface area contributed by atoms with Gasteiger partial charge in [-0.15, -0.1) is 3.89 Å². The summed E-state index contributed by atoms with van der Waals surface area (Å²) in [5.74, 6) is 1.96. The van der Waals surface area contributed by atoms with Crippen molar-refractivity contribution in [3.8, 4) is 0 Å². The molecule has 3 aromatic rings. The zero-order valence-corrected chi connectivity index (χ0v) is 15.4. The lowest BCUT2D eigenvalue weighted by molar-refractivity contribution is 0.417. The van der Waals surface area contributed by atoms with Crippen LogP contribution in [0.3, 0.4) is 0 Å². The van der Waals surface area contributed by atoms with E-state index in [2.05, 4.69) is 74.5 Å². The Bertz CT molecular complexity index is 1040. The van der Waals surface area contributed by atoms with Crippen molar-refractivity contribution in [3.63, 3.8) is 0 Å². The summed E-state index contributed by atoms with van der Waals surface area (Å²) in [4.78, 5) is 0. The molecule has 134 valence electrons.